The highest BCUT2D eigenvalue weighted by Gasteiger charge is 2.17. The molecule has 2 aromatic rings. The van der Waals surface area contributed by atoms with E-state index in [1.165, 1.54) is 15.9 Å². The fraction of sp³-hybridized carbons (Fsp3) is 0.615. The summed E-state index contributed by atoms with van der Waals surface area (Å²) in [5.41, 5.74) is 0.763. The monoisotopic (exact) mass is 293 g/mol. The number of piperazine rings is 1. The molecular weight excluding hydrogens is 274 g/mol. The van der Waals surface area contributed by atoms with Gasteiger partial charge in [0.05, 0.1) is 5.69 Å². The van der Waals surface area contributed by atoms with Crippen molar-refractivity contribution in [2.45, 2.75) is 32.9 Å². The van der Waals surface area contributed by atoms with Gasteiger partial charge in [0.2, 0.25) is 4.96 Å². The summed E-state index contributed by atoms with van der Waals surface area (Å²) >= 11 is 1.50. The molecule has 6 nitrogen and oxygen atoms in total. The molecule has 0 saturated carbocycles. The van der Waals surface area contributed by atoms with E-state index in [1.54, 1.807) is 6.07 Å². The molecule has 0 amide bonds. The number of hydrogen-bond donors (Lipinski definition) is 1. The summed E-state index contributed by atoms with van der Waals surface area (Å²) in [6.45, 7) is 7.92. The molecule has 1 atom stereocenters. The fourth-order valence-electron chi connectivity index (χ4n) is 2.50. The summed E-state index contributed by atoms with van der Waals surface area (Å²) in [7, 11) is 0. The molecular formula is C13H19N5OS. The Morgan fingerprint density at radius 2 is 2.40 bits per heavy atom. The van der Waals surface area contributed by atoms with Crippen LogP contribution in [0.4, 0.5) is 0 Å². The number of fused-ring (bicyclic) bond motifs is 1. The van der Waals surface area contributed by atoms with Crippen molar-refractivity contribution in [1.29, 1.82) is 0 Å². The zero-order chi connectivity index (χ0) is 14.1. The Balaban J connectivity index is 1.86. The van der Waals surface area contributed by atoms with Crippen molar-refractivity contribution in [3.63, 3.8) is 0 Å². The number of aryl methyl sites for hydroxylation is 1. The van der Waals surface area contributed by atoms with E-state index in [-0.39, 0.29) is 5.56 Å². The van der Waals surface area contributed by atoms with Crippen molar-refractivity contribution in [3.05, 3.63) is 27.1 Å². The summed E-state index contributed by atoms with van der Waals surface area (Å²) in [4.78, 5) is 19.7. The predicted molar refractivity (Wildman–Crippen MR) is 79.3 cm³/mol. The highest BCUT2D eigenvalue weighted by molar-refractivity contribution is 7.16. The van der Waals surface area contributed by atoms with Crippen LogP contribution in [0.3, 0.4) is 0 Å². The van der Waals surface area contributed by atoms with Crippen molar-refractivity contribution < 1.29 is 0 Å². The smallest absolute Gasteiger partial charge is 0.275 e. The first-order valence-electron chi connectivity index (χ1n) is 7.00. The lowest BCUT2D eigenvalue weighted by Gasteiger charge is -2.31. The van der Waals surface area contributed by atoms with Gasteiger partial charge in [-0.3, -0.25) is 9.69 Å². The Labute approximate surface area is 121 Å². The second-order valence-corrected chi connectivity index (χ2v) is 6.26. The highest BCUT2D eigenvalue weighted by Crippen LogP contribution is 2.13. The summed E-state index contributed by atoms with van der Waals surface area (Å²) < 4.78 is 1.41. The Morgan fingerprint density at radius 3 is 3.15 bits per heavy atom. The van der Waals surface area contributed by atoms with Crippen LogP contribution in [-0.2, 0) is 13.0 Å². The molecule has 1 aliphatic heterocycles. The molecule has 3 heterocycles. The molecule has 3 rings (SSSR count). The van der Waals surface area contributed by atoms with Gasteiger partial charge in [-0.2, -0.15) is 9.61 Å². The molecule has 20 heavy (non-hydrogen) atoms. The number of nitrogens with one attached hydrogen (secondary N) is 1. The van der Waals surface area contributed by atoms with Gasteiger partial charge in [0.15, 0.2) is 0 Å². The molecule has 2 aromatic heterocycles. The molecule has 0 aromatic carbocycles. The van der Waals surface area contributed by atoms with E-state index in [9.17, 15) is 4.79 Å². The minimum Gasteiger partial charge on any atom is -0.312 e. The van der Waals surface area contributed by atoms with Crippen LogP contribution in [0.15, 0.2) is 10.9 Å². The number of nitrogens with zero attached hydrogens (tertiary/aromatic N) is 4. The van der Waals surface area contributed by atoms with Crippen LogP contribution in [0.5, 0.6) is 0 Å². The van der Waals surface area contributed by atoms with Gasteiger partial charge < -0.3 is 5.32 Å². The van der Waals surface area contributed by atoms with Crippen molar-refractivity contribution in [2.24, 2.45) is 0 Å². The molecule has 0 aliphatic carbocycles. The average Bonchev–Trinajstić information content (AvgIpc) is 2.82. The standard InChI is InChI=1S/C13H19N5OS/c1-3-11-16-18-12(19)6-10(15-13(18)20-11)8-17-5-4-14-9(2)7-17/h6,9,14H,3-5,7-8H2,1-2H3. The molecule has 1 saturated heterocycles. The first-order chi connectivity index (χ1) is 9.65. The third-order valence-corrected chi connectivity index (χ3v) is 4.53. The first kappa shape index (κ1) is 13.7. The predicted octanol–water partition coefficient (Wildman–Crippen LogP) is 0.507. The second kappa shape index (κ2) is 5.59. The largest absolute Gasteiger partial charge is 0.312 e. The van der Waals surface area contributed by atoms with Gasteiger partial charge in [0.25, 0.3) is 5.56 Å². The van der Waals surface area contributed by atoms with E-state index in [0.29, 0.717) is 11.0 Å². The van der Waals surface area contributed by atoms with E-state index in [4.69, 9.17) is 0 Å². The lowest BCUT2D eigenvalue weighted by molar-refractivity contribution is 0.197. The SMILES string of the molecule is CCc1nn2c(=O)cc(CN3CCNC(C)C3)nc2s1. The normalized spacial score (nSPS) is 20.6. The zero-order valence-electron chi connectivity index (χ0n) is 11.8. The van der Waals surface area contributed by atoms with Crippen LogP contribution >= 0.6 is 11.3 Å². The molecule has 0 radical (unpaired) electrons. The van der Waals surface area contributed by atoms with Crippen molar-refractivity contribution in [1.82, 2.24) is 24.8 Å². The van der Waals surface area contributed by atoms with Crippen LogP contribution < -0.4 is 10.9 Å². The maximum atomic E-state index is 12.1. The van der Waals surface area contributed by atoms with Crippen LogP contribution in [0.2, 0.25) is 0 Å². The quantitative estimate of drug-likeness (QED) is 0.893. The summed E-state index contributed by atoms with van der Waals surface area (Å²) in [6, 6.07) is 2.10. The van der Waals surface area contributed by atoms with Crippen LogP contribution in [0.25, 0.3) is 4.96 Å². The minimum absolute atomic E-state index is 0.0795. The Bertz CT molecular complexity index is 664. The van der Waals surface area contributed by atoms with Crippen LogP contribution in [-0.4, -0.2) is 45.2 Å². The van der Waals surface area contributed by atoms with Gasteiger partial charge >= 0.3 is 0 Å². The zero-order valence-corrected chi connectivity index (χ0v) is 12.6. The maximum absolute atomic E-state index is 12.1. The van der Waals surface area contributed by atoms with E-state index < -0.39 is 0 Å². The summed E-state index contributed by atoms with van der Waals surface area (Å²) in [5, 5.41) is 8.63. The van der Waals surface area contributed by atoms with E-state index in [0.717, 1.165) is 43.3 Å². The van der Waals surface area contributed by atoms with Crippen LogP contribution in [0.1, 0.15) is 24.5 Å². The van der Waals surface area contributed by atoms with Crippen molar-refractivity contribution in [2.75, 3.05) is 19.6 Å². The lowest BCUT2D eigenvalue weighted by atomic mass is 10.2. The Morgan fingerprint density at radius 1 is 1.55 bits per heavy atom. The lowest BCUT2D eigenvalue weighted by Crippen LogP contribution is -2.48. The van der Waals surface area contributed by atoms with E-state index >= 15 is 0 Å². The summed E-state index contributed by atoms with van der Waals surface area (Å²) in [6.07, 6.45) is 0.831. The minimum atomic E-state index is -0.0795. The Hall–Kier alpha value is -1.31. The number of hydrogen-bond acceptors (Lipinski definition) is 6. The van der Waals surface area contributed by atoms with Gasteiger partial charge in [0, 0.05) is 38.3 Å². The fourth-order valence-corrected chi connectivity index (χ4v) is 3.36. The molecule has 7 heteroatoms. The van der Waals surface area contributed by atoms with E-state index in [2.05, 4.69) is 27.2 Å². The second-order valence-electron chi connectivity index (χ2n) is 5.22. The molecule has 1 aliphatic rings. The number of rotatable bonds is 3. The molecule has 1 fully saturated rings. The maximum Gasteiger partial charge on any atom is 0.275 e. The van der Waals surface area contributed by atoms with Gasteiger partial charge in [-0.05, 0) is 13.3 Å². The van der Waals surface area contributed by atoms with Crippen molar-refractivity contribution in [3.8, 4) is 0 Å². The Kier molecular flexibility index (Phi) is 3.82. The molecule has 108 valence electrons. The van der Waals surface area contributed by atoms with Gasteiger partial charge in [-0.15, -0.1) is 0 Å². The van der Waals surface area contributed by atoms with E-state index in [1.807, 2.05) is 6.92 Å². The van der Waals surface area contributed by atoms with Crippen LogP contribution in [0, 0.1) is 0 Å². The average molecular weight is 293 g/mol. The third-order valence-electron chi connectivity index (χ3n) is 3.48. The molecule has 0 spiro atoms. The van der Waals surface area contributed by atoms with Gasteiger partial charge in [-0.1, -0.05) is 18.3 Å². The third kappa shape index (κ3) is 2.74. The molecule has 1 N–H and O–H groups in total. The first-order valence-corrected chi connectivity index (χ1v) is 7.81. The van der Waals surface area contributed by atoms with Gasteiger partial charge in [-0.25, -0.2) is 4.98 Å². The topological polar surface area (TPSA) is 62.5 Å². The van der Waals surface area contributed by atoms with Gasteiger partial charge in [0.1, 0.15) is 5.01 Å². The van der Waals surface area contributed by atoms with Crippen molar-refractivity contribution >= 4 is 16.3 Å². The highest BCUT2D eigenvalue weighted by atomic mass is 32.1. The molecule has 1 unspecified atom stereocenters. The number of aromatic nitrogens is 3. The summed E-state index contributed by atoms with van der Waals surface area (Å²) in [5.74, 6) is 0. The molecule has 0 bridgehead atoms.